The molecule has 0 aliphatic heterocycles. The Morgan fingerprint density at radius 2 is 1.50 bits per heavy atom. The lowest BCUT2D eigenvalue weighted by Gasteiger charge is -2.31. The van der Waals surface area contributed by atoms with Crippen molar-refractivity contribution in [1.82, 2.24) is 24.0 Å². The van der Waals surface area contributed by atoms with Crippen molar-refractivity contribution in [2.24, 2.45) is 14.1 Å². The normalized spacial score (nSPS) is 11.5. The highest BCUT2D eigenvalue weighted by atomic mass is 35.5. The van der Waals surface area contributed by atoms with Gasteiger partial charge in [0.05, 0.1) is 6.61 Å². The van der Waals surface area contributed by atoms with E-state index >= 15 is 0 Å². The number of aryl methyl sites for hydroxylation is 1. The largest absolute Gasteiger partial charge is 0.365 e. The summed E-state index contributed by atoms with van der Waals surface area (Å²) in [6.45, 7) is 3.76. The van der Waals surface area contributed by atoms with Crippen molar-refractivity contribution >= 4 is 22.8 Å². The fraction of sp³-hybridized carbons (Fsp3) is 0.320. The lowest BCUT2D eigenvalue weighted by Crippen LogP contribution is -2.36. The molecule has 8 nitrogen and oxygen atoms in total. The molecule has 0 aliphatic carbocycles. The number of halogens is 1. The second kappa shape index (κ2) is 10.8. The molecule has 0 saturated carbocycles. The molecule has 2 aromatic heterocycles. The fourth-order valence-electron chi connectivity index (χ4n) is 3.58. The number of aromatic amines is 1. The van der Waals surface area contributed by atoms with E-state index in [0.29, 0.717) is 6.61 Å². The Morgan fingerprint density at radius 3 is 2.00 bits per heavy atom. The SMILES string of the molecule is CN(C)CCOC(C)(c1ccccc1)c1ccccc1.Cn1c(=O)c2[nH]c(Cl)nc2n(C)c1=O. The van der Waals surface area contributed by atoms with Crippen LogP contribution in [-0.4, -0.2) is 51.2 Å². The van der Waals surface area contributed by atoms with Crippen LogP contribution in [-0.2, 0) is 24.4 Å². The molecular weight excluding hydrogens is 454 g/mol. The van der Waals surface area contributed by atoms with Crippen molar-refractivity contribution in [3.05, 3.63) is 97.9 Å². The lowest BCUT2D eigenvalue weighted by molar-refractivity contribution is -0.0101. The van der Waals surface area contributed by atoms with Crippen molar-refractivity contribution in [3.8, 4) is 0 Å². The maximum Gasteiger partial charge on any atom is 0.332 e. The highest BCUT2D eigenvalue weighted by Crippen LogP contribution is 2.33. The molecule has 2 heterocycles. The molecule has 0 aliphatic rings. The van der Waals surface area contributed by atoms with E-state index in [1.54, 1.807) is 0 Å². The zero-order valence-electron chi connectivity index (χ0n) is 20.1. The highest BCUT2D eigenvalue weighted by molar-refractivity contribution is 6.28. The predicted octanol–water partition coefficient (Wildman–Crippen LogP) is 3.14. The number of likely N-dealkylation sites (N-methyl/N-ethyl adjacent to an activating group) is 1. The van der Waals surface area contributed by atoms with Crippen LogP contribution in [0.4, 0.5) is 0 Å². The van der Waals surface area contributed by atoms with E-state index < -0.39 is 16.9 Å². The summed E-state index contributed by atoms with van der Waals surface area (Å²) < 4.78 is 8.53. The van der Waals surface area contributed by atoms with Crippen LogP contribution in [0.3, 0.4) is 0 Å². The number of benzene rings is 2. The zero-order chi connectivity index (χ0) is 24.9. The molecule has 0 bridgehead atoms. The van der Waals surface area contributed by atoms with Crippen LogP contribution in [0.15, 0.2) is 70.3 Å². The van der Waals surface area contributed by atoms with Crippen molar-refractivity contribution in [1.29, 1.82) is 0 Å². The van der Waals surface area contributed by atoms with Gasteiger partial charge in [0.1, 0.15) is 5.60 Å². The van der Waals surface area contributed by atoms with Crippen molar-refractivity contribution in [2.75, 3.05) is 27.2 Å². The van der Waals surface area contributed by atoms with E-state index in [1.165, 1.54) is 29.8 Å². The summed E-state index contributed by atoms with van der Waals surface area (Å²) in [5, 5.41) is 0.0956. The van der Waals surface area contributed by atoms with Gasteiger partial charge >= 0.3 is 5.69 Å². The summed E-state index contributed by atoms with van der Waals surface area (Å²) in [4.78, 5) is 31.5. The van der Waals surface area contributed by atoms with E-state index in [-0.39, 0.29) is 16.4 Å². The minimum absolute atomic E-state index is 0.0956. The van der Waals surface area contributed by atoms with Crippen LogP contribution >= 0.6 is 11.6 Å². The van der Waals surface area contributed by atoms with Crippen molar-refractivity contribution < 1.29 is 4.74 Å². The van der Waals surface area contributed by atoms with Crippen LogP contribution in [0.2, 0.25) is 5.28 Å². The Labute approximate surface area is 203 Å². The molecule has 0 fully saturated rings. The first-order valence-electron chi connectivity index (χ1n) is 10.9. The zero-order valence-corrected chi connectivity index (χ0v) is 20.8. The molecule has 4 aromatic rings. The molecule has 34 heavy (non-hydrogen) atoms. The summed E-state index contributed by atoms with van der Waals surface area (Å²) in [5.41, 5.74) is 1.62. The number of imidazole rings is 1. The number of aromatic nitrogens is 4. The van der Waals surface area contributed by atoms with Gasteiger partial charge in [-0.05, 0) is 43.7 Å². The van der Waals surface area contributed by atoms with Gasteiger partial charge in [0, 0.05) is 20.6 Å². The standard InChI is InChI=1S/C18H23NO.C7H7ClN4O2/c1-18(20-15-14-19(2)3,16-10-6-4-7-11-16)17-12-8-5-9-13-17;1-11-4-3(9-6(8)10-4)5(13)12(2)7(11)14/h4-13H,14-15H2,1-3H3;1-2H3,(H,9,10). The first kappa shape index (κ1) is 25.4. The van der Waals surface area contributed by atoms with E-state index in [1.807, 2.05) is 12.1 Å². The van der Waals surface area contributed by atoms with E-state index in [2.05, 4.69) is 84.4 Å². The van der Waals surface area contributed by atoms with Crippen LogP contribution in [0.5, 0.6) is 0 Å². The Morgan fingerprint density at radius 1 is 0.971 bits per heavy atom. The number of rotatable bonds is 6. The molecule has 0 unspecified atom stereocenters. The fourth-order valence-corrected chi connectivity index (χ4v) is 3.75. The van der Waals surface area contributed by atoms with Gasteiger partial charge in [-0.1, -0.05) is 60.7 Å². The molecule has 0 atom stereocenters. The van der Waals surface area contributed by atoms with Crippen LogP contribution in [0.1, 0.15) is 18.1 Å². The Kier molecular flexibility index (Phi) is 8.09. The Balaban J connectivity index is 0.000000202. The first-order valence-corrected chi connectivity index (χ1v) is 11.2. The molecule has 180 valence electrons. The molecule has 0 radical (unpaired) electrons. The lowest BCUT2D eigenvalue weighted by atomic mass is 9.88. The van der Waals surface area contributed by atoms with Gasteiger partial charge in [-0.15, -0.1) is 0 Å². The Bertz CT molecular complexity index is 1300. The highest BCUT2D eigenvalue weighted by Gasteiger charge is 2.29. The number of ether oxygens (including phenoxy) is 1. The quantitative estimate of drug-likeness (QED) is 0.426. The number of nitrogens with one attached hydrogen (secondary N) is 1. The number of H-pyrrole nitrogens is 1. The predicted molar refractivity (Wildman–Crippen MR) is 135 cm³/mol. The van der Waals surface area contributed by atoms with Gasteiger partial charge < -0.3 is 14.6 Å². The maximum atomic E-state index is 11.5. The molecule has 0 amide bonds. The van der Waals surface area contributed by atoms with Crippen molar-refractivity contribution in [3.63, 3.8) is 0 Å². The number of fused-ring (bicyclic) bond motifs is 1. The smallest absolute Gasteiger partial charge is 0.332 e. The minimum Gasteiger partial charge on any atom is -0.365 e. The van der Waals surface area contributed by atoms with Gasteiger partial charge in [0.15, 0.2) is 11.2 Å². The minimum atomic E-state index is -0.428. The summed E-state index contributed by atoms with van der Waals surface area (Å²) >= 11 is 5.60. The molecular formula is C25H30ClN5O3. The van der Waals surface area contributed by atoms with Crippen LogP contribution in [0, 0.1) is 0 Å². The molecule has 2 aromatic carbocycles. The number of hydrogen-bond donors (Lipinski definition) is 1. The third-order valence-electron chi connectivity index (χ3n) is 5.64. The molecule has 0 saturated heterocycles. The topological polar surface area (TPSA) is 85.2 Å². The second-order valence-electron chi connectivity index (χ2n) is 8.35. The summed E-state index contributed by atoms with van der Waals surface area (Å²) in [6, 6.07) is 20.8. The van der Waals surface area contributed by atoms with Gasteiger partial charge in [-0.3, -0.25) is 13.9 Å². The third kappa shape index (κ3) is 5.47. The van der Waals surface area contributed by atoms with Gasteiger partial charge in [-0.2, -0.15) is 4.98 Å². The van der Waals surface area contributed by atoms with Gasteiger partial charge in [0.2, 0.25) is 5.28 Å². The number of hydrogen-bond acceptors (Lipinski definition) is 5. The van der Waals surface area contributed by atoms with Crippen LogP contribution in [0.25, 0.3) is 11.2 Å². The van der Waals surface area contributed by atoms with E-state index in [0.717, 1.165) is 11.1 Å². The number of nitrogens with zero attached hydrogens (tertiary/aromatic N) is 4. The van der Waals surface area contributed by atoms with E-state index in [9.17, 15) is 9.59 Å². The summed E-state index contributed by atoms with van der Waals surface area (Å²) in [5.74, 6) is 0. The average Bonchev–Trinajstić information content (AvgIpc) is 3.24. The molecule has 1 N–H and O–H groups in total. The van der Waals surface area contributed by atoms with Crippen molar-refractivity contribution in [2.45, 2.75) is 12.5 Å². The third-order valence-corrected chi connectivity index (χ3v) is 5.82. The summed E-state index contributed by atoms with van der Waals surface area (Å²) in [7, 11) is 7.05. The maximum absolute atomic E-state index is 11.5. The molecule has 4 rings (SSSR count). The van der Waals surface area contributed by atoms with Crippen LogP contribution < -0.4 is 11.2 Å². The van der Waals surface area contributed by atoms with Gasteiger partial charge in [0.25, 0.3) is 5.56 Å². The summed E-state index contributed by atoms with van der Waals surface area (Å²) in [6.07, 6.45) is 0. The average molecular weight is 484 g/mol. The molecule has 0 spiro atoms. The molecule has 9 heteroatoms. The van der Waals surface area contributed by atoms with E-state index in [4.69, 9.17) is 16.3 Å². The second-order valence-corrected chi connectivity index (χ2v) is 8.71. The van der Waals surface area contributed by atoms with Gasteiger partial charge in [-0.25, -0.2) is 4.79 Å². The first-order chi connectivity index (χ1) is 16.1. The monoisotopic (exact) mass is 483 g/mol. The Hall–Kier alpha value is -3.20.